The summed E-state index contributed by atoms with van der Waals surface area (Å²) in [5, 5.41) is 3.09. The summed E-state index contributed by atoms with van der Waals surface area (Å²) < 4.78 is 30.7. The average molecular weight is 484 g/mol. The molecule has 2 aromatic carbocycles. The van der Waals surface area contributed by atoms with Crippen molar-refractivity contribution in [3.05, 3.63) is 77.3 Å². The molecule has 1 aliphatic carbocycles. The quantitative estimate of drug-likeness (QED) is 0.243. The number of benzene rings is 2. The first-order chi connectivity index (χ1) is 16.3. The fraction of sp³-hybridized carbons (Fsp3) is 0.375. The van der Waals surface area contributed by atoms with Crippen LogP contribution >= 0.6 is 0 Å². The highest BCUT2D eigenvalue weighted by Crippen LogP contribution is 2.40. The SMILES string of the molecule is [C-]#[N+]NC(=NC1CCC(CNC(=O)c2ccccc2OC)(c2ccccc2)CC1)NS(C)(=O)=O. The van der Waals surface area contributed by atoms with Gasteiger partial charge in [0.2, 0.25) is 10.0 Å². The highest BCUT2D eigenvalue weighted by Gasteiger charge is 2.37. The van der Waals surface area contributed by atoms with Crippen molar-refractivity contribution in [2.75, 3.05) is 19.9 Å². The Labute approximate surface area is 200 Å². The van der Waals surface area contributed by atoms with E-state index in [1.807, 2.05) is 24.3 Å². The van der Waals surface area contributed by atoms with E-state index in [0.29, 0.717) is 30.7 Å². The normalized spacial score (nSPS) is 20.6. The van der Waals surface area contributed by atoms with Crippen LogP contribution in [-0.4, -0.2) is 46.2 Å². The third kappa shape index (κ3) is 6.48. The maximum atomic E-state index is 12.9. The van der Waals surface area contributed by atoms with Crippen LogP contribution in [0.2, 0.25) is 0 Å². The molecule has 1 fully saturated rings. The second-order valence-electron chi connectivity index (χ2n) is 8.34. The van der Waals surface area contributed by atoms with Crippen molar-refractivity contribution in [1.82, 2.24) is 15.5 Å². The Bertz CT molecular complexity index is 1170. The van der Waals surface area contributed by atoms with Gasteiger partial charge in [-0.2, -0.15) is 11.5 Å². The number of nitrogens with one attached hydrogen (secondary N) is 3. The van der Waals surface area contributed by atoms with Crippen LogP contribution in [0.25, 0.3) is 4.95 Å². The van der Waals surface area contributed by atoms with E-state index in [9.17, 15) is 13.2 Å². The number of methoxy groups -OCH3 is 1. The predicted molar refractivity (Wildman–Crippen MR) is 131 cm³/mol. The van der Waals surface area contributed by atoms with Gasteiger partial charge in [0.05, 0.1) is 25.0 Å². The summed E-state index contributed by atoms with van der Waals surface area (Å²) in [6, 6.07) is 17.0. The molecule has 0 bridgehead atoms. The van der Waals surface area contributed by atoms with Gasteiger partial charge in [0.25, 0.3) is 11.9 Å². The van der Waals surface area contributed by atoms with Crippen molar-refractivity contribution in [3.8, 4) is 5.75 Å². The van der Waals surface area contributed by atoms with E-state index in [1.54, 1.807) is 18.2 Å². The molecular formula is C24H29N5O4S. The molecule has 1 saturated carbocycles. The lowest BCUT2D eigenvalue weighted by Crippen LogP contribution is -2.45. The van der Waals surface area contributed by atoms with Crippen LogP contribution in [-0.2, 0) is 15.4 Å². The van der Waals surface area contributed by atoms with Gasteiger partial charge in [0.1, 0.15) is 5.75 Å². The first-order valence-electron chi connectivity index (χ1n) is 10.9. The number of aliphatic imine (C=N–C) groups is 1. The summed E-state index contributed by atoms with van der Waals surface area (Å²) in [5.74, 6) is 0.248. The standard InChI is InChI=1S/C24H29N5O4S/c1-25-28-23(29-34(3,31)32)27-19-13-15-24(16-14-19,18-9-5-4-6-10-18)17-26-22(30)20-11-7-8-12-21(20)33-2/h4-12,19H,13-17H2,2-3H3,(H,26,30)(H2,27,28,29). The topological polar surface area (TPSA) is 113 Å². The summed E-state index contributed by atoms with van der Waals surface area (Å²) in [6.07, 6.45) is 3.84. The van der Waals surface area contributed by atoms with Gasteiger partial charge >= 0.3 is 0 Å². The minimum Gasteiger partial charge on any atom is -0.496 e. The number of sulfonamides is 1. The van der Waals surface area contributed by atoms with Gasteiger partial charge in [-0.1, -0.05) is 47.9 Å². The lowest BCUT2D eigenvalue weighted by atomic mass is 9.68. The third-order valence-corrected chi connectivity index (χ3v) is 6.56. The van der Waals surface area contributed by atoms with E-state index < -0.39 is 10.0 Å². The number of hydrogen-bond donors (Lipinski definition) is 3. The van der Waals surface area contributed by atoms with Crippen molar-refractivity contribution in [2.24, 2.45) is 4.99 Å². The van der Waals surface area contributed by atoms with Gasteiger partial charge in [-0.3, -0.25) is 4.79 Å². The fourth-order valence-corrected chi connectivity index (χ4v) is 4.76. The summed E-state index contributed by atoms with van der Waals surface area (Å²) in [7, 11) is -2.02. The maximum Gasteiger partial charge on any atom is 0.276 e. The third-order valence-electron chi connectivity index (χ3n) is 5.99. The van der Waals surface area contributed by atoms with Crippen molar-refractivity contribution in [2.45, 2.75) is 37.1 Å². The molecular weight excluding hydrogens is 454 g/mol. The van der Waals surface area contributed by atoms with Crippen molar-refractivity contribution in [1.29, 1.82) is 0 Å². The molecule has 2 aromatic rings. The van der Waals surface area contributed by atoms with Crippen LogP contribution < -0.4 is 20.2 Å². The van der Waals surface area contributed by atoms with E-state index in [-0.39, 0.29) is 23.3 Å². The zero-order valence-corrected chi connectivity index (χ0v) is 20.1. The van der Waals surface area contributed by atoms with Gasteiger partial charge in [0, 0.05) is 12.0 Å². The summed E-state index contributed by atoms with van der Waals surface area (Å²) in [4.78, 5) is 20.4. The fourth-order valence-electron chi connectivity index (χ4n) is 4.31. The Morgan fingerprint density at radius 3 is 2.41 bits per heavy atom. The summed E-state index contributed by atoms with van der Waals surface area (Å²) in [5.41, 5.74) is 3.61. The molecule has 0 heterocycles. The summed E-state index contributed by atoms with van der Waals surface area (Å²) in [6.45, 7) is 7.42. The average Bonchev–Trinajstić information content (AvgIpc) is 2.83. The van der Waals surface area contributed by atoms with Crippen LogP contribution in [0.1, 0.15) is 41.6 Å². The van der Waals surface area contributed by atoms with E-state index in [4.69, 9.17) is 11.3 Å². The minimum absolute atomic E-state index is 0.0702. The van der Waals surface area contributed by atoms with Crippen LogP contribution in [0.3, 0.4) is 0 Å². The number of nitrogens with zero attached hydrogens (tertiary/aromatic N) is 2. The highest BCUT2D eigenvalue weighted by molar-refractivity contribution is 7.89. The zero-order valence-electron chi connectivity index (χ0n) is 19.2. The molecule has 0 unspecified atom stereocenters. The highest BCUT2D eigenvalue weighted by atomic mass is 32.2. The molecule has 0 spiro atoms. The molecule has 180 valence electrons. The molecule has 0 atom stereocenters. The van der Waals surface area contributed by atoms with E-state index in [2.05, 4.69) is 37.5 Å². The molecule has 0 radical (unpaired) electrons. The largest absolute Gasteiger partial charge is 0.496 e. The maximum absolute atomic E-state index is 12.9. The number of rotatable bonds is 7. The molecule has 0 aliphatic heterocycles. The Morgan fingerprint density at radius 2 is 1.79 bits per heavy atom. The second kappa shape index (κ2) is 11.0. The lowest BCUT2D eigenvalue weighted by Gasteiger charge is -2.40. The number of carbonyl (C=O) groups is 1. The smallest absolute Gasteiger partial charge is 0.276 e. The van der Waals surface area contributed by atoms with Crippen LogP contribution in [0, 0.1) is 6.57 Å². The molecule has 0 aromatic heterocycles. The molecule has 9 nitrogen and oxygen atoms in total. The molecule has 3 rings (SSSR count). The molecule has 1 aliphatic rings. The Hall–Kier alpha value is -3.58. The van der Waals surface area contributed by atoms with Crippen LogP contribution in [0.15, 0.2) is 59.6 Å². The number of amides is 1. The predicted octanol–water partition coefficient (Wildman–Crippen LogP) is 2.63. The number of guanidine groups is 1. The monoisotopic (exact) mass is 483 g/mol. The molecule has 10 heteroatoms. The Balaban J connectivity index is 1.77. The molecule has 1 amide bonds. The van der Waals surface area contributed by atoms with Gasteiger partial charge in [-0.25, -0.2) is 18.1 Å². The first-order valence-corrected chi connectivity index (χ1v) is 12.8. The number of hydrogen-bond acceptors (Lipinski definition) is 5. The minimum atomic E-state index is -3.56. The van der Waals surface area contributed by atoms with E-state index in [0.717, 1.165) is 24.7 Å². The Morgan fingerprint density at radius 1 is 1.15 bits per heavy atom. The number of ether oxygens (including phenoxy) is 1. The van der Waals surface area contributed by atoms with Crippen molar-refractivity contribution < 1.29 is 17.9 Å². The van der Waals surface area contributed by atoms with Gasteiger partial charge in [-0.05, 0) is 43.4 Å². The van der Waals surface area contributed by atoms with Crippen LogP contribution in [0.5, 0.6) is 5.75 Å². The van der Waals surface area contributed by atoms with E-state index in [1.165, 1.54) is 7.11 Å². The molecule has 0 saturated heterocycles. The van der Waals surface area contributed by atoms with Crippen molar-refractivity contribution in [3.63, 3.8) is 0 Å². The molecule has 3 N–H and O–H groups in total. The number of carbonyl (C=O) groups excluding carboxylic acids is 1. The lowest BCUT2D eigenvalue weighted by molar-refractivity contribution is 0.0932. The number of para-hydroxylation sites is 1. The van der Waals surface area contributed by atoms with Crippen LogP contribution in [0.4, 0.5) is 0 Å². The van der Waals surface area contributed by atoms with Gasteiger partial charge < -0.3 is 10.1 Å². The first kappa shape index (κ1) is 25.1. The van der Waals surface area contributed by atoms with Crippen molar-refractivity contribution >= 4 is 21.9 Å². The second-order valence-corrected chi connectivity index (χ2v) is 10.1. The Kier molecular flexibility index (Phi) is 8.12. The molecule has 34 heavy (non-hydrogen) atoms. The van der Waals surface area contributed by atoms with E-state index >= 15 is 0 Å². The summed E-state index contributed by atoms with van der Waals surface area (Å²) >= 11 is 0. The van der Waals surface area contributed by atoms with Gasteiger partial charge in [-0.15, -0.1) is 0 Å². The van der Waals surface area contributed by atoms with Gasteiger partial charge in [0.15, 0.2) is 0 Å². The zero-order chi connectivity index (χ0) is 24.6.